The summed E-state index contributed by atoms with van der Waals surface area (Å²) in [6.45, 7) is 0. The Hall–Kier alpha value is -2.09. The molecule has 0 aliphatic heterocycles. The maximum atomic E-state index is 11.6. The van der Waals surface area contributed by atoms with E-state index in [9.17, 15) is 4.79 Å². The summed E-state index contributed by atoms with van der Waals surface area (Å²) < 4.78 is 0. The van der Waals surface area contributed by atoms with Crippen LogP contribution in [0.2, 0.25) is 5.02 Å². The molecule has 108 valence electrons. The first-order valence-corrected chi connectivity index (χ1v) is 7.56. The normalized spacial score (nSPS) is 10.5. The minimum atomic E-state index is -0.510. The van der Waals surface area contributed by atoms with Crippen LogP contribution >= 0.6 is 23.2 Å². The zero-order valence-electron chi connectivity index (χ0n) is 11.6. The summed E-state index contributed by atoms with van der Waals surface area (Å²) in [6, 6.07) is 23.2. The van der Waals surface area contributed by atoms with E-state index in [-0.39, 0.29) is 0 Å². The van der Waals surface area contributed by atoms with Gasteiger partial charge in [0.05, 0.1) is 0 Å². The Bertz CT molecular complexity index is 809. The lowest BCUT2D eigenvalue weighted by Gasteiger charge is -2.10. The molecule has 0 amide bonds. The molecule has 3 aromatic rings. The highest BCUT2D eigenvalue weighted by Gasteiger charge is 2.14. The maximum Gasteiger partial charge on any atom is 0.253 e. The molecular formula is C19H12Cl2O. The third-order valence-corrected chi connectivity index (χ3v) is 4.02. The molecule has 0 heterocycles. The lowest BCUT2D eigenvalue weighted by Crippen LogP contribution is -1.94. The molecule has 3 rings (SSSR count). The highest BCUT2D eigenvalue weighted by Crippen LogP contribution is 2.33. The molecule has 0 saturated carbocycles. The molecule has 0 spiro atoms. The minimum absolute atomic E-state index is 0.418. The molecule has 0 unspecified atom stereocenters. The van der Waals surface area contributed by atoms with Crippen LogP contribution in [0.5, 0.6) is 0 Å². The van der Waals surface area contributed by atoms with E-state index in [1.807, 2.05) is 42.5 Å². The average Bonchev–Trinajstić information content (AvgIpc) is 2.55. The van der Waals surface area contributed by atoms with Crippen molar-refractivity contribution in [2.75, 3.05) is 0 Å². The highest BCUT2D eigenvalue weighted by atomic mass is 35.5. The lowest BCUT2D eigenvalue weighted by molar-refractivity contribution is 0.108. The molecule has 0 saturated heterocycles. The van der Waals surface area contributed by atoms with Gasteiger partial charge in [0, 0.05) is 16.1 Å². The molecule has 0 fully saturated rings. The zero-order chi connectivity index (χ0) is 15.5. The van der Waals surface area contributed by atoms with Crippen LogP contribution in [0.4, 0.5) is 0 Å². The van der Waals surface area contributed by atoms with Crippen LogP contribution in [0.1, 0.15) is 10.4 Å². The number of carbonyl (C=O) groups excluding carboxylic acids is 1. The van der Waals surface area contributed by atoms with E-state index in [1.54, 1.807) is 18.2 Å². The van der Waals surface area contributed by atoms with Gasteiger partial charge in [-0.2, -0.15) is 0 Å². The van der Waals surface area contributed by atoms with E-state index in [0.717, 1.165) is 16.7 Å². The van der Waals surface area contributed by atoms with E-state index in [1.165, 1.54) is 0 Å². The summed E-state index contributed by atoms with van der Waals surface area (Å²) in [5, 5.41) is 0.00333. The predicted octanol–water partition coefficient (Wildman–Crippen LogP) is 6.05. The summed E-state index contributed by atoms with van der Waals surface area (Å²) in [7, 11) is 0. The van der Waals surface area contributed by atoms with Gasteiger partial charge in [0.1, 0.15) is 0 Å². The number of halogens is 2. The average molecular weight is 327 g/mol. The molecular weight excluding hydrogens is 315 g/mol. The molecule has 0 bridgehead atoms. The first-order chi connectivity index (χ1) is 10.7. The SMILES string of the molecule is O=C(Cl)c1cccc(Cl)c1-c1ccc(-c2ccccc2)cc1. The van der Waals surface area contributed by atoms with Crippen LogP contribution in [0.15, 0.2) is 72.8 Å². The van der Waals surface area contributed by atoms with Gasteiger partial charge >= 0.3 is 0 Å². The molecule has 0 radical (unpaired) electrons. The molecule has 0 atom stereocenters. The Morgan fingerprint density at radius 1 is 0.682 bits per heavy atom. The Morgan fingerprint density at radius 2 is 1.27 bits per heavy atom. The van der Waals surface area contributed by atoms with Crippen LogP contribution in [-0.2, 0) is 0 Å². The fraction of sp³-hybridized carbons (Fsp3) is 0. The van der Waals surface area contributed by atoms with Gasteiger partial charge in [-0.05, 0) is 40.4 Å². The van der Waals surface area contributed by atoms with E-state index in [2.05, 4.69) is 12.1 Å². The Morgan fingerprint density at radius 3 is 1.91 bits per heavy atom. The van der Waals surface area contributed by atoms with Crippen molar-refractivity contribution in [1.82, 2.24) is 0 Å². The third-order valence-electron chi connectivity index (χ3n) is 3.51. The van der Waals surface area contributed by atoms with Gasteiger partial charge in [-0.25, -0.2) is 0 Å². The van der Waals surface area contributed by atoms with Gasteiger partial charge in [0.2, 0.25) is 0 Å². The second-order valence-electron chi connectivity index (χ2n) is 4.88. The van der Waals surface area contributed by atoms with Gasteiger partial charge < -0.3 is 0 Å². The number of hydrogen-bond acceptors (Lipinski definition) is 1. The van der Waals surface area contributed by atoms with Gasteiger partial charge in [0.25, 0.3) is 5.24 Å². The van der Waals surface area contributed by atoms with Crippen LogP contribution in [0.25, 0.3) is 22.3 Å². The van der Waals surface area contributed by atoms with Crippen molar-refractivity contribution >= 4 is 28.4 Å². The van der Waals surface area contributed by atoms with E-state index in [0.29, 0.717) is 16.1 Å². The number of benzene rings is 3. The second-order valence-corrected chi connectivity index (χ2v) is 5.63. The van der Waals surface area contributed by atoms with Crippen LogP contribution in [0, 0.1) is 0 Å². The second kappa shape index (κ2) is 6.35. The first-order valence-electron chi connectivity index (χ1n) is 6.81. The fourth-order valence-electron chi connectivity index (χ4n) is 2.44. The quantitative estimate of drug-likeness (QED) is 0.535. The topological polar surface area (TPSA) is 17.1 Å². The van der Waals surface area contributed by atoms with E-state index in [4.69, 9.17) is 23.2 Å². The highest BCUT2D eigenvalue weighted by molar-refractivity contribution is 6.68. The zero-order valence-corrected chi connectivity index (χ0v) is 13.1. The van der Waals surface area contributed by atoms with Gasteiger partial charge in [-0.3, -0.25) is 4.79 Å². The smallest absolute Gasteiger partial charge is 0.253 e. The number of carbonyl (C=O) groups is 1. The van der Waals surface area contributed by atoms with Crippen molar-refractivity contribution in [2.24, 2.45) is 0 Å². The molecule has 0 aliphatic carbocycles. The molecule has 22 heavy (non-hydrogen) atoms. The molecule has 0 aromatic heterocycles. The summed E-state index contributed by atoms with van der Waals surface area (Å²) >= 11 is 11.9. The standard InChI is InChI=1S/C19H12Cl2O/c20-17-8-4-7-16(19(21)22)18(17)15-11-9-14(10-12-15)13-5-2-1-3-6-13/h1-12H. The minimum Gasteiger partial charge on any atom is -0.276 e. The number of rotatable bonds is 3. The summed E-state index contributed by atoms with van der Waals surface area (Å²) in [4.78, 5) is 11.6. The van der Waals surface area contributed by atoms with Crippen molar-refractivity contribution in [3.8, 4) is 22.3 Å². The Balaban J connectivity index is 2.06. The number of hydrogen-bond donors (Lipinski definition) is 0. The van der Waals surface area contributed by atoms with E-state index < -0.39 is 5.24 Å². The molecule has 0 aliphatic rings. The fourth-order valence-corrected chi connectivity index (χ4v) is 2.88. The van der Waals surface area contributed by atoms with Gasteiger partial charge in [-0.15, -0.1) is 0 Å². The third kappa shape index (κ3) is 2.92. The molecule has 3 heteroatoms. The van der Waals surface area contributed by atoms with Crippen LogP contribution in [0.3, 0.4) is 0 Å². The maximum absolute atomic E-state index is 11.6. The van der Waals surface area contributed by atoms with Gasteiger partial charge in [-0.1, -0.05) is 72.3 Å². The molecule has 1 nitrogen and oxygen atoms in total. The van der Waals surface area contributed by atoms with Crippen molar-refractivity contribution in [2.45, 2.75) is 0 Å². The van der Waals surface area contributed by atoms with Crippen molar-refractivity contribution in [1.29, 1.82) is 0 Å². The van der Waals surface area contributed by atoms with Crippen molar-refractivity contribution in [3.05, 3.63) is 83.4 Å². The first kappa shape index (κ1) is 14.8. The van der Waals surface area contributed by atoms with Crippen LogP contribution in [-0.4, -0.2) is 5.24 Å². The Kier molecular flexibility index (Phi) is 4.28. The summed E-state index contributed by atoms with van der Waals surface area (Å²) in [5.41, 5.74) is 4.21. The summed E-state index contributed by atoms with van der Waals surface area (Å²) in [5.74, 6) is 0. The molecule has 3 aromatic carbocycles. The van der Waals surface area contributed by atoms with Crippen molar-refractivity contribution < 1.29 is 4.79 Å². The summed E-state index contributed by atoms with van der Waals surface area (Å²) in [6.07, 6.45) is 0. The lowest BCUT2D eigenvalue weighted by atomic mass is 9.97. The van der Waals surface area contributed by atoms with Gasteiger partial charge in [0.15, 0.2) is 0 Å². The largest absolute Gasteiger partial charge is 0.276 e. The predicted molar refractivity (Wildman–Crippen MR) is 92.5 cm³/mol. The molecule has 0 N–H and O–H groups in total. The monoisotopic (exact) mass is 326 g/mol. The van der Waals surface area contributed by atoms with Crippen molar-refractivity contribution in [3.63, 3.8) is 0 Å². The van der Waals surface area contributed by atoms with Crippen LogP contribution < -0.4 is 0 Å². The van der Waals surface area contributed by atoms with E-state index >= 15 is 0 Å². The Labute approximate surface area is 139 Å².